The number of hydrogen-bond donors (Lipinski definition) is 2. The van der Waals surface area contributed by atoms with E-state index < -0.39 is 0 Å². The summed E-state index contributed by atoms with van der Waals surface area (Å²) in [5.41, 5.74) is 0.0534. The number of hydrogen-bond acceptors (Lipinski definition) is 3. The summed E-state index contributed by atoms with van der Waals surface area (Å²) in [7, 11) is 1.68. The third kappa shape index (κ3) is 8.27. The van der Waals surface area contributed by atoms with E-state index in [-0.39, 0.29) is 17.9 Å². The summed E-state index contributed by atoms with van der Waals surface area (Å²) in [5, 5.41) is 5.71. The van der Waals surface area contributed by atoms with Crippen molar-refractivity contribution >= 4 is 5.91 Å². The van der Waals surface area contributed by atoms with Gasteiger partial charge in [0.2, 0.25) is 5.91 Å². The molecule has 0 saturated heterocycles. The molecule has 0 aromatic rings. The van der Waals surface area contributed by atoms with Crippen molar-refractivity contribution in [3.8, 4) is 12.3 Å². The monoisotopic (exact) mass is 226 g/mol. The van der Waals surface area contributed by atoms with Gasteiger partial charge in [-0.2, -0.15) is 0 Å². The smallest absolute Gasteiger partial charge is 0.234 e. The Morgan fingerprint density at radius 1 is 1.50 bits per heavy atom. The van der Waals surface area contributed by atoms with E-state index in [0.717, 1.165) is 6.42 Å². The lowest BCUT2D eigenvalue weighted by atomic mass is 9.90. The molecule has 92 valence electrons. The van der Waals surface area contributed by atoms with Crippen LogP contribution in [0.1, 0.15) is 20.3 Å². The first-order chi connectivity index (χ1) is 7.52. The summed E-state index contributed by atoms with van der Waals surface area (Å²) in [4.78, 5) is 11.4. The number of nitrogens with one attached hydrogen (secondary N) is 2. The number of carbonyl (C=O) groups excluding carboxylic acids is 1. The number of carbonyl (C=O) groups is 1. The third-order valence-corrected chi connectivity index (χ3v) is 2.26. The maximum atomic E-state index is 11.4. The molecule has 0 atom stereocenters. The minimum Gasteiger partial charge on any atom is -0.385 e. The average Bonchev–Trinajstić information content (AvgIpc) is 2.24. The van der Waals surface area contributed by atoms with Gasteiger partial charge in [0.05, 0.1) is 13.1 Å². The zero-order valence-corrected chi connectivity index (χ0v) is 10.4. The molecule has 2 N–H and O–H groups in total. The zero-order chi connectivity index (χ0) is 12.4. The second-order valence-corrected chi connectivity index (χ2v) is 4.49. The van der Waals surface area contributed by atoms with E-state index >= 15 is 0 Å². The van der Waals surface area contributed by atoms with Gasteiger partial charge in [0.15, 0.2) is 0 Å². The van der Waals surface area contributed by atoms with Gasteiger partial charge in [-0.05, 0) is 11.8 Å². The molecule has 4 heteroatoms. The van der Waals surface area contributed by atoms with Crippen molar-refractivity contribution in [2.45, 2.75) is 20.3 Å². The van der Waals surface area contributed by atoms with E-state index in [0.29, 0.717) is 19.7 Å². The van der Waals surface area contributed by atoms with Crippen molar-refractivity contribution in [3.05, 3.63) is 0 Å². The molecule has 0 bridgehead atoms. The van der Waals surface area contributed by atoms with Gasteiger partial charge in [0.1, 0.15) is 0 Å². The van der Waals surface area contributed by atoms with E-state index in [1.165, 1.54) is 0 Å². The van der Waals surface area contributed by atoms with Crippen molar-refractivity contribution < 1.29 is 9.53 Å². The van der Waals surface area contributed by atoms with E-state index in [9.17, 15) is 4.79 Å². The summed E-state index contributed by atoms with van der Waals surface area (Å²) in [6.45, 7) is 6.23. The van der Waals surface area contributed by atoms with Crippen LogP contribution in [0.5, 0.6) is 0 Å². The Labute approximate surface area is 98.1 Å². The van der Waals surface area contributed by atoms with Crippen LogP contribution in [0.25, 0.3) is 0 Å². The van der Waals surface area contributed by atoms with E-state index in [1.54, 1.807) is 7.11 Å². The molecule has 0 aromatic carbocycles. The molecule has 0 aliphatic heterocycles. The van der Waals surface area contributed by atoms with Gasteiger partial charge in [-0.1, -0.05) is 19.8 Å². The second-order valence-electron chi connectivity index (χ2n) is 4.49. The van der Waals surface area contributed by atoms with Gasteiger partial charge < -0.3 is 10.1 Å². The quantitative estimate of drug-likeness (QED) is 0.465. The van der Waals surface area contributed by atoms with E-state index in [1.807, 2.05) is 0 Å². The molecule has 0 aliphatic rings. The van der Waals surface area contributed by atoms with Crippen LogP contribution in [0.2, 0.25) is 0 Å². The van der Waals surface area contributed by atoms with Crippen molar-refractivity contribution in [3.63, 3.8) is 0 Å². The fourth-order valence-corrected chi connectivity index (χ4v) is 1.12. The Kier molecular flexibility index (Phi) is 7.61. The van der Waals surface area contributed by atoms with Crippen molar-refractivity contribution in [2.75, 3.05) is 33.4 Å². The standard InChI is InChI=1S/C12H22N2O2/c1-5-7-13-9-11(15)14-10-12(2,3)6-8-16-4/h1,13H,6-10H2,2-4H3,(H,14,15). The van der Waals surface area contributed by atoms with Gasteiger partial charge in [0.25, 0.3) is 0 Å². The number of ether oxygens (including phenoxy) is 1. The lowest BCUT2D eigenvalue weighted by Crippen LogP contribution is -2.39. The molecular weight excluding hydrogens is 204 g/mol. The molecule has 0 heterocycles. The van der Waals surface area contributed by atoms with Crippen LogP contribution in [0.4, 0.5) is 0 Å². The highest BCUT2D eigenvalue weighted by Gasteiger charge is 2.18. The minimum atomic E-state index is -0.0271. The molecule has 0 aliphatic carbocycles. The van der Waals surface area contributed by atoms with Crippen LogP contribution in [0, 0.1) is 17.8 Å². The molecule has 1 amide bonds. The Balaban J connectivity index is 3.69. The highest BCUT2D eigenvalue weighted by Crippen LogP contribution is 2.18. The van der Waals surface area contributed by atoms with Crippen molar-refractivity contribution in [2.24, 2.45) is 5.41 Å². The first kappa shape index (κ1) is 14.9. The van der Waals surface area contributed by atoms with Crippen LogP contribution in [-0.4, -0.2) is 39.3 Å². The molecule has 0 rings (SSSR count). The van der Waals surface area contributed by atoms with Gasteiger partial charge in [0, 0.05) is 20.3 Å². The normalized spacial score (nSPS) is 10.9. The summed E-state index contributed by atoms with van der Waals surface area (Å²) >= 11 is 0. The van der Waals surface area contributed by atoms with E-state index in [2.05, 4.69) is 30.4 Å². The van der Waals surface area contributed by atoms with Crippen LogP contribution < -0.4 is 10.6 Å². The number of terminal acetylenes is 1. The minimum absolute atomic E-state index is 0.0271. The van der Waals surface area contributed by atoms with Crippen LogP contribution >= 0.6 is 0 Å². The molecule has 0 aromatic heterocycles. The summed E-state index contributed by atoms with van der Waals surface area (Å²) in [6.07, 6.45) is 5.97. The van der Waals surface area contributed by atoms with Crippen LogP contribution in [-0.2, 0) is 9.53 Å². The van der Waals surface area contributed by atoms with Gasteiger partial charge in [-0.3, -0.25) is 10.1 Å². The third-order valence-electron chi connectivity index (χ3n) is 2.26. The number of rotatable bonds is 8. The second kappa shape index (κ2) is 8.14. The maximum Gasteiger partial charge on any atom is 0.234 e. The average molecular weight is 226 g/mol. The predicted octanol–water partition coefficient (Wildman–Crippen LogP) is 0.388. The highest BCUT2D eigenvalue weighted by molar-refractivity contribution is 5.78. The van der Waals surface area contributed by atoms with Gasteiger partial charge >= 0.3 is 0 Å². The fraction of sp³-hybridized carbons (Fsp3) is 0.750. The van der Waals surface area contributed by atoms with Crippen LogP contribution in [0.3, 0.4) is 0 Å². The molecular formula is C12H22N2O2. The molecule has 0 fully saturated rings. The molecule has 0 unspecified atom stereocenters. The largest absolute Gasteiger partial charge is 0.385 e. The van der Waals surface area contributed by atoms with Crippen molar-refractivity contribution in [1.82, 2.24) is 10.6 Å². The highest BCUT2D eigenvalue weighted by atomic mass is 16.5. The first-order valence-electron chi connectivity index (χ1n) is 5.41. The molecule has 0 saturated carbocycles. The van der Waals surface area contributed by atoms with Gasteiger partial charge in [-0.15, -0.1) is 6.42 Å². The Morgan fingerprint density at radius 3 is 2.75 bits per heavy atom. The predicted molar refractivity (Wildman–Crippen MR) is 65.0 cm³/mol. The van der Waals surface area contributed by atoms with Gasteiger partial charge in [-0.25, -0.2) is 0 Å². The molecule has 0 spiro atoms. The molecule has 4 nitrogen and oxygen atoms in total. The summed E-state index contributed by atoms with van der Waals surface area (Å²) in [5.74, 6) is 2.39. The van der Waals surface area contributed by atoms with Crippen molar-refractivity contribution in [1.29, 1.82) is 0 Å². The zero-order valence-electron chi connectivity index (χ0n) is 10.4. The topological polar surface area (TPSA) is 50.4 Å². The Morgan fingerprint density at radius 2 is 2.19 bits per heavy atom. The molecule has 16 heavy (non-hydrogen) atoms. The first-order valence-corrected chi connectivity index (χ1v) is 5.41. The summed E-state index contributed by atoms with van der Waals surface area (Å²) in [6, 6.07) is 0. The van der Waals surface area contributed by atoms with Crippen LogP contribution in [0.15, 0.2) is 0 Å². The van der Waals surface area contributed by atoms with E-state index in [4.69, 9.17) is 11.2 Å². The number of amides is 1. The maximum absolute atomic E-state index is 11.4. The Bertz CT molecular complexity index is 244. The fourth-order valence-electron chi connectivity index (χ4n) is 1.12. The lowest BCUT2D eigenvalue weighted by Gasteiger charge is -2.24. The SMILES string of the molecule is C#CCNCC(=O)NCC(C)(C)CCOC. The molecule has 0 radical (unpaired) electrons. The lowest BCUT2D eigenvalue weighted by molar-refractivity contribution is -0.120. The number of methoxy groups -OCH3 is 1. The summed E-state index contributed by atoms with van der Waals surface area (Å²) < 4.78 is 5.02. The Hall–Kier alpha value is -1.05.